The minimum absolute atomic E-state index is 0.232. The summed E-state index contributed by atoms with van der Waals surface area (Å²) in [6, 6.07) is 10.1. The molecule has 2 aromatic carbocycles. The average molecular weight is 421 g/mol. The van der Waals surface area contributed by atoms with Gasteiger partial charge in [0.05, 0.1) is 17.1 Å². The van der Waals surface area contributed by atoms with E-state index in [1.807, 2.05) is 0 Å². The van der Waals surface area contributed by atoms with Crippen LogP contribution in [0.3, 0.4) is 0 Å². The fraction of sp³-hybridized carbons (Fsp3) is 0.294. The number of hydrogen-bond donors (Lipinski definition) is 1. The van der Waals surface area contributed by atoms with Crippen molar-refractivity contribution in [1.82, 2.24) is 0 Å². The molecule has 5 nitrogen and oxygen atoms in total. The normalized spacial score (nSPS) is 18.6. The lowest BCUT2D eigenvalue weighted by Gasteiger charge is -2.35. The molecular formula is C17H16ClF3N2O3S. The highest BCUT2D eigenvalue weighted by Crippen LogP contribution is 2.37. The van der Waals surface area contributed by atoms with Gasteiger partial charge in [-0.3, -0.25) is 0 Å². The topological polar surface area (TPSA) is 72.6 Å². The molecule has 1 unspecified atom stereocenters. The van der Waals surface area contributed by atoms with E-state index >= 15 is 0 Å². The van der Waals surface area contributed by atoms with Crippen LogP contribution in [0.5, 0.6) is 0 Å². The molecule has 0 spiro atoms. The van der Waals surface area contributed by atoms with Gasteiger partial charge in [-0.2, -0.15) is 13.2 Å². The van der Waals surface area contributed by atoms with Crippen molar-refractivity contribution in [1.29, 1.82) is 0 Å². The monoisotopic (exact) mass is 420 g/mol. The number of anilines is 1. The first-order valence-electron chi connectivity index (χ1n) is 7.92. The second-order valence-corrected chi connectivity index (χ2v) is 7.99. The zero-order valence-electron chi connectivity index (χ0n) is 13.9. The zero-order valence-corrected chi connectivity index (χ0v) is 15.5. The standard InChI is InChI=1S/C17H16ClF3N2O3S/c18-14-4-2-1-3-12(14)15-10-23(7-8-26-15)11-5-6-16(27(22,24)25)13(9-11)17(19,20)21/h1-6,9,15H,7-8,10H2,(H2,22,24,25). The maximum Gasteiger partial charge on any atom is 0.417 e. The summed E-state index contributed by atoms with van der Waals surface area (Å²) in [5, 5.41) is 5.43. The van der Waals surface area contributed by atoms with Gasteiger partial charge in [-0.1, -0.05) is 29.8 Å². The summed E-state index contributed by atoms with van der Waals surface area (Å²) in [6.07, 6.45) is -5.27. The van der Waals surface area contributed by atoms with Gasteiger partial charge in [0.2, 0.25) is 10.0 Å². The Morgan fingerprint density at radius 2 is 1.89 bits per heavy atom. The van der Waals surface area contributed by atoms with Gasteiger partial charge in [0.25, 0.3) is 0 Å². The second kappa shape index (κ2) is 7.31. The van der Waals surface area contributed by atoms with E-state index in [9.17, 15) is 21.6 Å². The van der Waals surface area contributed by atoms with Crippen LogP contribution < -0.4 is 10.0 Å². The number of morpholine rings is 1. The molecule has 0 aliphatic carbocycles. The van der Waals surface area contributed by atoms with E-state index in [0.717, 1.165) is 17.7 Å². The van der Waals surface area contributed by atoms with Crippen LogP contribution in [0.15, 0.2) is 47.4 Å². The van der Waals surface area contributed by atoms with Crippen LogP contribution >= 0.6 is 11.6 Å². The molecule has 0 bridgehead atoms. The highest BCUT2D eigenvalue weighted by atomic mass is 35.5. The summed E-state index contributed by atoms with van der Waals surface area (Å²) in [4.78, 5) is 0.745. The molecule has 10 heteroatoms. The number of halogens is 4. The Morgan fingerprint density at radius 1 is 1.19 bits per heavy atom. The molecule has 1 aliphatic heterocycles. The summed E-state index contributed by atoms with van der Waals surface area (Å²) >= 11 is 6.18. The van der Waals surface area contributed by atoms with Gasteiger partial charge in [-0.15, -0.1) is 0 Å². The number of rotatable bonds is 3. The Balaban J connectivity index is 1.95. The first-order chi connectivity index (χ1) is 12.6. The Hall–Kier alpha value is -1.81. The largest absolute Gasteiger partial charge is 0.417 e. The number of benzene rings is 2. The SMILES string of the molecule is NS(=O)(=O)c1ccc(N2CCOC(c3ccccc3Cl)C2)cc1C(F)(F)F. The lowest BCUT2D eigenvalue weighted by molar-refractivity contribution is -0.139. The van der Waals surface area contributed by atoms with E-state index in [2.05, 4.69) is 0 Å². The predicted molar refractivity (Wildman–Crippen MR) is 95.2 cm³/mol. The van der Waals surface area contributed by atoms with Gasteiger partial charge >= 0.3 is 6.18 Å². The summed E-state index contributed by atoms with van der Waals surface area (Å²) in [7, 11) is -4.50. The maximum absolute atomic E-state index is 13.3. The third-order valence-corrected chi connectivity index (χ3v) is 5.57. The zero-order chi connectivity index (χ0) is 19.8. The highest BCUT2D eigenvalue weighted by molar-refractivity contribution is 7.89. The van der Waals surface area contributed by atoms with Crippen LogP contribution in [0, 0.1) is 0 Å². The molecule has 1 saturated heterocycles. The Bertz CT molecular complexity index is 951. The first-order valence-corrected chi connectivity index (χ1v) is 9.85. The smallest absolute Gasteiger partial charge is 0.370 e. The molecule has 1 fully saturated rings. The van der Waals surface area contributed by atoms with Crippen LogP contribution in [0.1, 0.15) is 17.2 Å². The van der Waals surface area contributed by atoms with Crippen LogP contribution in [0.4, 0.5) is 18.9 Å². The molecule has 27 heavy (non-hydrogen) atoms. The van der Waals surface area contributed by atoms with Crippen molar-refractivity contribution < 1.29 is 26.3 Å². The third kappa shape index (κ3) is 4.37. The van der Waals surface area contributed by atoms with E-state index in [1.54, 1.807) is 29.2 Å². The van der Waals surface area contributed by atoms with Crippen molar-refractivity contribution in [3.8, 4) is 0 Å². The fourth-order valence-corrected chi connectivity index (χ4v) is 3.99. The Morgan fingerprint density at radius 3 is 2.52 bits per heavy atom. The molecule has 146 valence electrons. The van der Waals surface area contributed by atoms with Gasteiger partial charge in [-0.05, 0) is 24.3 Å². The van der Waals surface area contributed by atoms with E-state index in [-0.39, 0.29) is 18.8 Å². The van der Waals surface area contributed by atoms with Crippen LogP contribution in [-0.4, -0.2) is 28.1 Å². The van der Waals surface area contributed by atoms with Crippen molar-refractivity contribution in [2.45, 2.75) is 17.2 Å². The van der Waals surface area contributed by atoms with E-state index in [4.69, 9.17) is 21.5 Å². The van der Waals surface area contributed by atoms with Gasteiger partial charge < -0.3 is 9.64 Å². The molecule has 0 saturated carbocycles. The number of alkyl halides is 3. The van der Waals surface area contributed by atoms with E-state index in [0.29, 0.717) is 11.6 Å². The number of ether oxygens (including phenoxy) is 1. The molecule has 2 aromatic rings. The molecule has 0 amide bonds. The summed E-state index contributed by atoms with van der Waals surface area (Å²) in [5.41, 5.74) is -0.320. The number of nitrogens with zero attached hydrogens (tertiary/aromatic N) is 1. The van der Waals surface area contributed by atoms with Crippen molar-refractivity contribution >= 4 is 27.3 Å². The van der Waals surface area contributed by atoms with Crippen molar-refractivity contribution in [2.75, 3.05) is 24.6 Å². The summed E-state index contributed by atoms with van der Waals surface area (Å²) in [5.74, 6) is 0. The Labute approximate surface area is 159 Å². The molecule has 1 aliphatic rings. The Kier molecular flexibility index (Phi) is 5.40. The minimum atomic E-state index is -4.85. The summed E-state index contributed by atoms with van der Waals surface area (Å²) in [6.45, 7) is 0.914. The van der Waals surface area contributed by atoms with Crippen LogP contribution in [0.2, 0.25) is 5.02 Å². The highest BCUT2D eigenvalue weighted by Gasteiger charge is 2.37. The molecular weight excluding hydrogens is 405 g/mol. The number of nitrogens with two attached hydrogens (primary N) is 1. The number of sulfonamides is 1. The number of primary sulfonamides is 1. The maximum atomic E-state index is 13.3. The van der Waals surface area contributed by atoms with Crippen molar-refractivity contribution in [2.24, 2.45) is 5.14 Å². The van der Waals surface area contributed by atoms with Gasteiger partial charge in [0.1, 0.15) is 6.10 Å². The minimum Gasteiger partial charge on any atom is -0.370 e. The van der Waals surface area contributed by atoms with Crippen LogP contribution in [-0.2, 0) is 20.9 Å². The lowest BCUT2D eigenvalue weighted by Crippen LogP contribution is -2.38. The van der Waals surface area contributed by atoms with Gasteiger partial charge in [0, 0.05) is 29.4 Å². The van der Waals surface area contributed by atoms with Gasteiger partial charge in [-0.25, -0.2) is 13.6 Å². The lowest BCUT2D eigenvalue weighted by atomic mass is 10.1. The third-order valence-electron chi connectivity index (χ3n) is 4.26. The van der Waals surface area contributed by atoms with Crippen molar-refractivity contribution in [3.63, 3.8) is 0 Å². The van der Waals surface area contributed by atoms with Crippen molar-refractivity contribution in [3.05, 3.63) is 58.6 Å². The van der Waals surface area contributed by atoms with Gasteiger partial charge in [0.15, 0.2) is 0 Å². The molecule has 3 rings (SSSR count). The fourth-order valence-electron chi connectivity index (χ4n) is 2.99. The second-order valence-electron chi connectivity index (χ2n) is 6.05. The molecule has 1 heterocycles. The van der Waals surface area contributed by atoms with E-state index in [1.165, 1.54) is 6.07 Å². The van der Waals surface area contributed by atoms with E-state index < -0.39 is 32.8 Å². The molecule has 0 aromatic heterocycles. The van der Waals surface area contributed by atoms with Crippen LogP contribution in [0.25, 0.3) is 0 Å². The molecule has 1 atom stereocenters. The molecule has 2 N–H and O–H groups in total. The average Bonchev–Trinajstić information content (AvgIpc) is 2.60. The number of hydrogen-bond acceptors (Lipinski definition) is 4. The summed E-state index contributed by atoms with van der Waals surface area (Å²) < 4.78 is 68.7. The predicted octanol–water partition coefficient (Wildman–Crippen LogP) is 3.58. The first kappa shape index (κ1) is 19.9. The quantitative estimate of drug-likeness (QED) is 0.823. The molecule has 0 radical (unpaired) electrons.